The van der Waals surface area contributed by atoms with Crippen LogP contribution in [0.3, 0.4) is 0 Å². The zero-order chi connectivity index (χ0) is 21.1. The highest BCUT2D eigenvalue weighted by atomic mass is 32.1. The van der Waals surface area contributed by atoms with Crippen LogP contribution >= 0.6 is 11.3 Å². The molecule has 29 heavy (non-hydrogen) atoms. The van der Waals surface area contributed by atoms with E-state index in [0.717, 1.165) is 56.1 Å². The lowest BCUT2D eigenvalue weighted by molar-refractivity contribution is -0.122. The van der Waals surface area contributed by atoms with Crippen LogP contribution in [0.4, 0.5) is 0 Å². The van der Waals surface area contributed by atoms with E-state index in [-0.39, 0.29) is 12.4 Å². The molecule has 3 heterocycles. The fourth-order valence-corrected chi connectivity index (χ4v) is 4.00. The minimum absolute atomic E-state index is 0.00877. The molecule has 0 unspecified atom stereocenters. The monoisotopic (exact) mass is 423 g/mol. The Kier molecular flexibility index (Phi) is 9.75. The molecule has 1 fully saturated rings. The molecule has 0 bridgehead atoms. The number of thiazole rings is 1. The molecule has 2 N–H and O–H groups in total. The van der Waals surface area contributed by atoms with Gasteiger partial charge in [0.05, 0.1) is 29.8 Å². The second kappa shape index (κ2) is 12.3. The maximum Gasteiger partial charge on any atom is 0.290 e. The number of piperidine rings is 1. The Bertz CT molecular complexity index is 755. The highest BCUT2D eigenvalue weighted by Crippen LogP contribution is 2.19. The largest absolute Gasteiger partial charge is 0.483 e. The van der Waals surface area contributed by atoms with Crippen LogP contribution in [0.5, 0.6) is 0 Å². The molecule has 1 aliphatic heterocycles. The summed E-state index contributed by atoms with van der Waals surface area (Å²) >= 11 is 1.41. The number of methoxy groups -OCH3 is 1. The molecule has 1 aliphatic rings. The summed E-state index contributed by atoms with van der Waals surface area (Å²) in [4.78, 5) is 32.2. The van der Waals surface area contributed by atoms with Crippen LogP contribution in [-0.2, 0) is 22.6 Å². The number of likely N-dealkylation sites (tertiary alicyclic amines) is 1. The van der Waals surface area contributed by atoms with Crippen LogP contribution in [0.15, 0.2) is 18.0 Å². The Morgan fingerprint density at radius 1 is 1.45 bits per heavy atom. The molecule has 0 aliphatic carbocycles. The number of carbonyl (C=O) groups excluding carboxylic acids is 1. The number of ether oxygens (including phenoxy) is 1. The SMILES string of the molecule is COCCn1cncc1CN1CCC(CNC(=O)c2scnc2C)CC1.O=CO. The molecule has 1 amide bonds. The van der Waals surface area contributed by atoms with Gasteiger partial charge in [-0.15, -0.1) is 11.3 Å². The van der Waals surface area contributed by atoms with Gasteiger partial charge in [-0.3, -0.25) is 14.5 Å². The van der Waals surface area contributed by atoms with E-state index in [1.54, 1.807) is 12.6 Å². The summed E-state index contributed by atoms with van der Waals surface area (Å²) in [5.41, 5.74) is 3.77. The van der Waals surface area contributed by atoms with Crippen molar-refractivity contribution in [2.24, 2.45) is 5.92 Å². The van der Waals surface area contributed by atoms with Gasteiger partial charge in [-0.25, -0.2) is 9.97 Å². The highest BCUT2D eigenvalue weighted by molar-refractivity contribution is 7.11. The summed E-state index contributed by atoms with van der Waals surface area (Å²) in [7, 11) is 1.72. The lowest BCUT2D eigenvalue weighted by Gasteiger charge is -2.32. The van der Waals surface area contributed by atoms with Crippen molar-refractivity contribution in [3.05, 3.63) is 34.3 Å². The summed E-state index contributed by atoms with van der Waals surface area (Å²) in [6.07, 6.45) is 6.03. The molecule has 0 spiro atoms. The van der Waals surface area contributed by atoms with E-state index in [0.29, 0.717) is 12.5 Å². The Balaban J connectivity index is 0.000000941. The van der Waals surface area contributed by atoms with Gasteiger partial charge in [0.25, 0.3) is 12.4 Å². The van der Waals surface area contributed by atoms with E-state index in [9.17, 15) is 4.79 Å². The number of aryl methyl sites for hydroxylation is 1. The third-order valence-electron chi connectivity index (χ3n) is 4.93. The number of nitrogens with zero attached hydrogens (tertiary/aromatic N) is 4. The number of hydrogen-bond acceptors (Lipinski definition) is 7. The number of carbonyl (C=O) groups is 2. The molecule has 3 rings (SSSR count). The predicted octanol–water partition coefficient (Wildman–Crippen LogP) is 1.64. The molecule has 9 nitrogen and oxygen atoms in total. The van der Waals surface area contributed by atoms with Gasteiger partial charge in [0.1, 0.15) is 4.88 Å². The zero-order valence-corrected chi connectivity index (χ0v) is 17.7. The normalized spacial score (nSPS) is 14.8. The first kappa shape index (κ1) is 23.0. The molecular formula is C19H29N5O4S. The van der Waals surface area contributed by atoms with Crippen LogP contribution in [0.25, 0.3) is 0 Å². The molecule has 0 radical (unpaired) electrons. The number of hydrogen-bond donors (Lipinski definition) is 2. The van der Waals surface area contributed by atoms with Crippen molar-refractivity contribution in [2.45, 2.75) is 32.9 Å². The average Bonchev–Trinajstić information content (AvgIpc) is 3.35. The van der Waals surface area contributed by atoms with Crippen LogP contribution in [0.1, 0.15) is 33.9 Å². The van der Waals surface area contributed by atoms with Gasteiger partial charge in [0.2, 0.25) is 0 Å². The van der Waals surface area contributed by atoms with Crippen LogP contribution in [0, 0.1) is 12.8 Å². The van der Waals surface area contributed by atoms with Gasteiger partial charge >= 0.3 is 0 Å². The van der Waals surface area contributed by atoms with Crippen molar-refractivity contribution in [1.82, 2.24) is 24.8 Å². The molecule has 10 heteroatoms. The summed E-state index contributed by atoms with van der Waals surface area (Å²) in [6.45, 7) is 6.93. The Morgan fingerprint density at radius 3 is 2.79 bits per heavy atom. The topological polar surface area (TPSA) is 110 Å². The van der Waals surface area contributed by atoms with E-state index in [1.807, 2.05) is 19.4 Å². The van der Waals surface area contributed by atoms with Gasteiger partial charge in [0.15, 0.2) is 0 Å². The number of carboxylic acid groups (broad SMARTS) is 1. The Hall–Kier alpha value is -2.30. The van der Waals surface area contributed by atoms with Crippen molar-refractivity contribution in [3.63, 3.8) is 0 Å². The number of amides is 1. The first-order valence-corrected chi connectivity index (χ1v) is 10.4. The summed E-state index contributed by atoms with van der Waals surface area (Å²) < 4.78 is 7.31. The number of imidazole rings is 1. The average molecular weight is 424 g/mol. The Labute approximate surface area is 174 Å². The van der Waals surface area contributed by atoms with E-state index in [4.69, 9.17) is 14.6 Å². The molecule has 0 atom stereocenters. The summed E-state index contributed by atoms with van der Waals surface area (Å²) in [5, 5.41) is 9.96. The lowest BCUT2D eigenvalue weighted by Crippen LogP contribution is -2.38. The number of rotatable bonds is 8. The van der Waals surface area contributed by atoms with Crippen molar-refractivity contribution in [3.8, 4) is 0 Å². The molecule has 2 aromatic heterocycles. The Morgan fingerprint density at radius 2 is 2.17 bits per heavy atom. The number of nitrogens with one attached hydrogen (secondary N) is 1. The molecule has 160 valence electrons. The smallest absolute Gasteiger partial charge is 0.290 e. The van der Waals surface area contributed by atoms with E-state index < -0.39 is 0 Å². The van der Waals surface area contributed by atoms with Crippen LogP contribution in [0.2, 0.25) is 0 Å². The van der Waals surface area contributed by atoms with Gasteiger partial charge in [0, 0.05) is 32.9 Å². The molecular weight excluding hydrogens is 394 g/mol. The second-order valence-electron chi connectivity index (χ2n) is 6.87. The lowest BCUT2D eigenvalue weighted by atomic mass is 9.96. The van der Waals surface area contributed by atoms with E-state index in [1.165, 1.54) is 17.0 Å². The minimum Gasteiger partial charge on any atom is -0.483 e. The van der Waals surface area contributed by atoms with Gasteiger partial charge in [-0.1, -0.05) is 0 Å². The number of aromatic nitrogens is 3. The van der Waals surface area contributed by atoms with Crippen molar-refractivity contribution < 1.29 is 19.4 Å². The maximum atomic E-state index is 12.2. The predicted molar refractivity (Wildman–Crippen MR) is 110 cm³/mol. The zero-order valence-electron chi connectivity index (χ0n) is 16.9. The first-order valence-electron chi connectivity index (χ1n) is 9.55. The third kappa shape index (κ3) is 7.22. The third-order valence-corrected chi connectivity index (χ3v) is 5.86. The fraction of sp³-hybridized carbons (Fsp3) is 0.579. The molecule has 1 saturated heterocycles. The quantitative estimate of drug-likeness (QED) is 0.621. The molecule has 0 aromatic carbocycles. The van der Waals surface area contributed by atoms with Crippen molar-refractivity contribution in [1.29, 1.82) is 0 Å². The van der Waals surface area contributed by atoms with Gasteiger partial charge in [-0.2, -0.15) is 0 Å². The molecule has 0 saturated carbocycles. The van der Waals surface area contributed by atoms with E-state index in [2.05, 4.69) is 24.8 Å². The van der Waals surface area contributed by atoms with Crippen LogP contribution in [-0.4, -0.2) is 70.3 Å². The van der Waals surface area contributed by atoms with Crippen molar-refractivity contribution in [2.75, 3.05) is 33.4 Å². The molecule has 2 aromatic rings. The second-order valence-corrected chi connectivity index (χ2v) is 7.73. The minimum atomic E-state index is -0.250. The highest BCUT2D eigenvalue weighted by Gasteiger charge is 2.21. The van der Waals surface area contributed by atoms with E-state index >= 15 is 0 Å². The fourth-order valence-electron chi connectivity index (χ4n) is 3.29. The van der Waals surface area contributed by atoms with Gasteiger partial charge < -0.3 is 19.7 Å². The standard InChI is InChI=1S/C18H27N5O2S.CH2O2/c1-14-17(26-13-21-14)18(24)20-9-15-3-5-22(6-4-15)11-16-10-19-12-23(16)7-8-25-2;2-1-3/h10,12-13,15H,3-9,11H2,1-2H3,(H,20,24);1H,(H,2,3). The first-order chi connectivity index (χ1) is 14.1. The summed E-state index contributed by atoms with van der Waals surface area (Å²) in [6, 6.07) is 0. The van der Waals surface area contributed by atoms with Crippen LogP contribution < -0.4 is 5.32 Å². The summed E-state index contributed by atoms with van der Waals surface area (Å²) in [5.74, 6) is 0.552. The van der Waals surface area contributed by atoms with Gasteiger partial charge in [-0.05, 0) is 38.8 Å². The maximum absolute atomic E-state index is 12.2. The van der Waals surface area contributed by atoms with Crippen molar-refractivity contribution >= 4 is 23.7 Å².